The van der Waals surface area contributed by atoms with Gasteiger partial charge in [-0.2, -0.15) is 0 Å². The third-order valence-corrected chi connectivity index (χ3v) is 3.16. The van der Waals surface area contributed by atoms with Crippen molar-refractivity contribution < 1.29 is 9.53 Å². The van der Waals surface area contributed by atoms with Gasteiger partial charge in [0.15, 0.2) is 5.78 Å². The first kappa shape index (κ1) is 10.9. The van der Waals surface area contributed by atoms with Crippen LogP contribution < -0.4 is 4.74 Å². The second kappa shape index (κ2) is 4.52. The normalized spacial score (nSPS) is 19.1. The van der Waals surface area contributed by atoms with Crippen LogP contribution in [0.1, 0.15) is 28.8 Å². The first-order valence-electron chi connectivity index (χ1n) is 5.58. The highest BCUT2D eigenvalue weighted by molar-refractivity contribution is 6.00. The Morgan fingerprint density at radius 2 is 2.38 bits per heavy atom. The van der Waals surface area contributed by atoms with Crippen molar-refractivity contribution in [1.29, 1.82) is 0 Å². The van der Waals surface area contributed by atoms with Gasteiger partial charge in [-0.05, 0) is 43.0 Å². The number of benzene rings is 1. The summed E-state index contributed by atoms with van der Waals surface area (Å²) in [5.74, 6) is 1.20. The number of allylic oxidation sites excluding steroid dienone is 1. The average molecular weight is 216 g/mol. The van der Waals surface area contributed by atoms with Gasteiger partial charge in [0.1, 0.15) is 5.75 Å². The van der Waals surface area contributed by atoms with Gasteiger partial charge < -0.3 is 4.74 Å². The molecule has 0 unspecified atom stereocenters. The van der Waals surface area contributed by atoms with Gasteiger partial charge in [-0.3, -0.25) is 4.79 Å². The highest BCUT2D eigenvalue weighted by atomic mass is 16.5. The van der Waals surface area contributed by atoms with Gasteiger partial charge in [0.05, 0.1) is 7.11 Å². The van der Waals surface area contributed by atoms with Gasteiger partial charge in [-0.25, -0.2) is 0 Å². The Hall–Kier alpha value is -1.57. The maximum absolute atomic E-state index is 12.1. The van der Waals surface area contributed by atoms with Crippen LogP contribution in [0, 0.1) is 5.92 Å². The number of fused-ring (bicyclic) bond motifs is 1. The van der Waals surface area contributed by atoms with Crippen LogP contribution in [0.2, 0.25) is 0 Å². The van der Waals surface area contributed by atoms with Crippen molar-refractivity contribution in [3.8, 4) is 5.75 Å². The summed E-state index contributed by atoms with van der Waals surface area (Å²) in [4.78, 5) is 12.1. The van der Waals surface area contributed by atoms with Crippen molar-refractivity contribution in [2.75, 3.05) is 7.11 Å². The fraction of sp³-hybridized carbons (Fsp3) is 0.357. The summed E-state index contributed by atoms with van der Waals surface area (Å²) in [5, 5.41) is 0. The van der Waals surface area contributed by atoms with Gasteiger partial charge in [-0.1, -0.05) is 6.08 Å². The van der Waals surface area contributed by atoms with Crippen LogP contribution in [0.15, 0.2) is 30.9 Å². The van der Waals surface area contributed by atoms with Crippen molar-refractivity contribution in [2.45, 2.75) is 19.3 Å². The Morgan fingerprint density at radius 3 is 3.06 bits per heavy atom. The van der Waals surface area contributed by atoms with Gasteiger partial charge in [0.2, 0.25) is 0 Å². The molecule has 1 aliphatic carbocycles. The van der Waals surface area contributed by atoms with E-state index in [-0.39, 0.29) is 11.7 Å². The van der Waals surface area contributed by atoms with E-state index < -0.39 is 0 Å². The number of Topliss-reactive ketones (excluding diaryl/α,β-unsaturated/α-hetero) is 1. The molecule has 0 saturated carbocycles. The molecule has 2 rings (SSSR count). The van der Waals surface area contributed by atoms with E-state index in [0.717, 1.165) is 36.1 Å². The monoisotopic (exact) mass is 216 g/mol. The predicted molar refractivity (Wildman–Crippen MR) is 63.9 cm³/mol. The summed E-state index contributed by atoms with van der Waals surface area (Å²) >= 11 is 0. The highest BCUT2D eigenvalue weighted by Crippen LogP contribution is 2.30. The first-order valence-corrected chi connectivity index (χ1v) is 5.58. The molecule has 0 aromatic heterocycles. The SMILES string of the molecule is C=CC[C@H]1CCc2cc(OC)ccc2C1=O. The van der Waals surface area contributed by atoms with Crippen molar-refractivity contribution in [3.05, 3.63) is 42.0 Å². The van der Waals surface area contributed by atoms with Crippen LogP contribution in [-0.2, 0) is 6.42 Å². The minimum atomic E-state index is 0.124. The lowest BCUT2D eigenvalue weighted by atomic mass is 9.81. The molecule has 1 aliphatic rings. The molecule has 16 heavy (non-hydrogen) atoms. The van der Waals surface area contributed by atoms with E-state index in [1.807, 2.05) is 24.3 Å². The lowest BCUT2D eigenvalue weighted by Gasteiger charge is -2.22. The molecule has 0 amide bonds. The number of methoxy groups -OCH3 is 1. The van der Waals surface area contributed by atoms with Gasteiger partial charge >= 0.3 is 0 Å². The number of hydrogen-bond acceptors (Lipinski definition) is 2. The third-order valence-electron chi connectivity index (χ3n) is 3.16. The molecule has 0 bridgehead atoms. The number of aryl methyl sites for hydroxylation is 1. The Kier molecular flexibility index (Phi) is 3.09. The van der Waals surface area contributed by atoms with Crippen LogP contribution in [0.25, 0.3) is 0 Å². The molecule has 0 spiro atoms. The molecule has 1 aromatic carbocycles. The number of hydrogen-bond donors (Lipinski definition) is 0. The lowest BCUT2D eigenvalue weighted by Crippen LogP contribution is -2.22. The number of carbonyl (C=O) groups is 1. The summed E-state index contributed by atoms with van der Waals surface area (Å²) in [6, 6.07) is 5.70. The number of rotatable bonds is 3. The van der Waals surface area contributed by atoms with Gasteiger partial charge in [-0.15, -0.1) is 6.58 Å². The number of ketones is 1. The largest absolute Gasteiger partial charge is 0.497 e. The van der Waals surface area contributed by atoms with Crippen molar-refractivity contribution in [2.24, 2.45) is 5.92 Å². The second-order valence-electron chi connectivity index (χ2n) is 4.15. The summed E-state index contributed by atoms with van der Waals surface area (Å²) in [6.07, 6.45) is 4.49. The molecule has 2 heteroatoms. The average Bonchev–Trinajstić information content (AvgIpc) is 2.32. The molecule has 0 fully saturated rings. The molecule has 0 radical (unpaired) electrons. The fourth-order valence-electron chi connectivity index (χ4n) is 2.25. The molecular weight excluding hydrogens is 200 g/mol. The number of ether oxygens (including phenoxy) is 1. The van der Waals surface area contributed by atoms with Crippen LogP contribution in [0.3, 0.4) is 0 Å². The lowest BCUT2D eigenvalue weighted by molar-refractivity contribution is 0.0903. The molecule has 84 valence electrons. The Morgan fingerprint density at radius 1 is 1.56 bits per heavy atom. The molecule has 0 saturated heterocycles. The summed E-state index contributed by atoms with van der Waals surface area (Å²) in [7, 11) is 1.65. The van der Waals surface area contributed by atoms with Crippen molar-refractivity contribution in [1.82, 2.24) is 0 Å². The molecule has 1 atom stereocenters. The van der Waals surface area contributed by atoms with E-state index in [9.17, 15) is 4.79 Å². The zero-order valence-corrected chi connectivity index (χ0v) is 9.53. The zero-order chi connectivity index (χ0) is 11.5. The van der Waals surface area contributed by atoms with Crippen LogP contribution >= 0.6 is 0 Å². The number of carbonyl (C=O) groups excluding carboxylic acids is 1. The molecule has 0 N–H and O–H groups in total. The Bertz CT molecular complexity index is 421. The summed E-state index contributed by atoms with van der Waals surface area (Å²) < 4.78 is 5.16. The molecule has 0 aliphatic heterocycles. The quantitative estimate of drug-likeness (QED) is 0.726. The Balaban J connectivity index is 2.31. The van der Waals surface area contributed by atoms with Crippen molar-refractivity contribution in [3.63, 3.8) is 0 Å². The van der Waals surface area contributed by atoms with E-state index in [1.54, 1.807) is 7.11 Å². The van der Waals surface area contributed by atoms with E-state index in [1.165, 1.54) is 0 Å². The molecular formula is C14H16O2. The molecule has 1 aromatic rings. The minimum Gasteiger partial charge on any atom is -0.497 e. The van der Waals surface area contributed by atoms with Crippen LogP contribution in [-0.4, -0.2) is 12.9 Å². The van der Waals surface area contributed by atoms with Crippen LogP contribution in [0.4, 0.5) is 0 Å². The van der Waals surface area contributed by atoms with E-state index in [4.69, 9.17) is 4.74 Å². The maximum Gasteiger partial charge on any atom is 0.166 e. The van der Waals surface area contributed by atoms with Crippen LogP contribution in [0.5, 0.6) is 5.75 Å². The molecule has 0 heterocycles. The predicted octanol–water partition coefficient (Wildman–Crippen LogP) is 3.02. The van der Waals surface area contributed by atoms with E-state index in [0.29, 0.717) is 0 Å². The van der Waals surface area contributed by atoms with Gasteiger partial charge in [0, 0.05) is 11.5 Å². The molecule has 2 nitrogen and oxygen atoms in total. The summed E-state index contributed by atoms with van der Waals surface area (Å²) in [5.41, 5.74) is 1.98. The minimum absolute atomic E-state index is 0.124. The summed E-state index contributed by atoms with van der Waals surface area (Å²) in [6.45, 7) is 3.70. The first-order chi connectivity index (χ1) is 7.76. The second-order valence-corrected chi connectivity index (χ2v) is 4.15. The smallest absolute Gasteiger partial charge is 0.166 e. The standard InChI is InChI=1S/C14H16O2/c1-3-4-10-5-6-11-9-12(16-2)7-8-13(11)14(10)15/h3,7-10H,1,4-6H2,2H3/t10-/m0/s1. The van der Waals surface area contributed by atoms with E-state index >= 15 is 0 Å². The third kappa shape index (κ3) is 1.87. The highest BCUT2D eigenvalue weighted by Gasteiger charge is 2.26. The fourth-order valence-corrected chi connectivity index (χ4v) is 2.25. The maximum atomic E-state index is 12.1. The van der Waals surface area contributed by atoms with Crippen molar-refractivity contribution >= 4 is 5.78 Å². The Labute approximate surface area is 95.9 Å². The van der Waals surface area contributed by atoms with Gasteiger partial charge in [0.25, 0.3) is 0 Å². The zero-order valence-electron chi connectivity index (χ0n) is 9.53. The topological polar surface area (TPSA) is 26.3 Å². The van der Waals surface area contributed by atoms with E-state index in [2.05, 4.69) is 6.58 Å².